The molecule has 1 aromatic rings. The van der Waals surface area contributed by atoms with Crippen molar-refractivity contribution in [3.63, 3.8) is 0 Å². The lowest BCUT2D eigenvalue weighted by atomic mass is 10.1. The van der Waals surface area contributed by atoms with E-state index in [9.17, 15) is 9.90 Å². The molecule has 0 unspecified atom stereocenters. The van der Waals surface area contributed by atoms with Crippen LogP contribution in [0.2, 0.25) is 0 Å². The van der Waals surface area contributed by atoms with Crippen LogP contribution in [0.15, 0.2) is 6.20 Å². The molecular formula is C13H21N3O3. The maximum atomic E-state index is 11.2. The van der Waals surface area contributed by atoms with Crippen molar-refractivity contribution in [2.75, 3.05) is 19.8 Å². The normalized spacial score (nSPS) is 20.6. The Labute approximate surface area is 113 Å². The molecule has 1 aliphatic heterocycles. The van der Waals surface area contributed by atoms with E-state index in [-0.39, 0.29) is 6.61 Å². The molecular weight excluding hydrogens is 246 g/mol. The van der Waals surface area contributed by atoms with Crippen molar-refractivity contribution in [2.45, 2.75) is 39.4 Å². The number of aryl methyl sites for hydroxylation is 1. The predicted molar refractivity (Wildman–Crippen MR) is 69.9 cm³/mol. The number of carboxylic acids is 1. The van der Waals surface area contributed by atoms with Crippen molar-refractivity contribution in [3.05, 3.63) is 17.5 Å². The zero-order valence-corrected chi connectivity index (χ0v) is 11.5. The zero-order valence-electron chi connectivity index (χ0n) is 11.5. The summed E-state index contributed by atoms with van der Waals surface area (Å²) < 4.78 is 7.22. The van der Waals surface area contributed by atoms with E-state index >= 15 is 0 Å². The average molecular weight is 267 g/mol. The highest BCUT2D eigenvalue weighted by molar-refractivity contribution is 5.73. The third kappa shape index (κ3) is 3.13. The smallest absolute Gasteiger partial charge is 0.323 e. The number of aliphatic carboxylic acids is 1. The van der Waals surface area contributed by atoms with Crippen LogP contribution in [0.25, 0.3) is 0 Å². The first-order chi connectivity index (χ1) is 9.13. The lowest BCUT2D eigenvalue weighted by Crippen LogP contribution is -2.49. The lowest BCUT2D eigenvalue weighted by molar-refractivity contribution is -0.150. The number of aromatic nitrogens is 2. The number of ether oxygens (including phenoxy) is 1. The Morgan fingerprint density at radius 2 is 2.42 bits per heavy atom. The average Bonchev–Trinajstić information content (AvgIpc) is 2.73. The number of carbonyl (C=O) groups is 1. The largest absolute Gasteiger partial charge is 0.480 e. The Hall–Kier alpha value is -1.40. The van der Waals surface area contributed by atoms with E-state index in [2.05, 4.69) is 12.0 Å². The van der Waals surface area contributed by atoms with Crippen LogP contribution in [-0.2, 0) is 22.6 Å². The van der Waals surface area contributed by atoms with Gasteiger partial charge in [0.15, 0.2) is 0 Å². The molecule has 1 atom stereocenters. The Balaban J connectivity index is 2.08. The molecule has 0 aromatic carbocycles. The molecule has 6 nitrogen and oxygen atoms in total. The van der Waals surface area contributed by atoms with Gasteiger partial charge in [-0.25, -0.2) is 0 Å². The van der Waals surface area contributed by atoms with Gasteiger partial charge in [0.05, 0.1) is 19.4 Å². The first kappa shape index (κ1) is 14.0. The quantitative estimate of drug-likeness (QED) is 0.858. The molecule has 1 saturated heterocycles. The molecule has 0 amide bonds. The van der Waals surface area contributed by atoms with E-state index in [1.165, 1.54) is 0 Å². The van der Waals surface area contributed by atoms with Crippen LogP contribution >= 0.6 is 0 Å². The van der Waals surface area contributed by atoms with Crippen LogP contribution in [0, 0.1) is 6.92 Å². The molecule has 0 saturated carbocycles. The molecule has 0 bridgehead atoms. The van der Waals surface area contributed by atoms with Crippen molar-refractivity contribution < 1.29 is 14.6 Å². The maximum absolute atomic E-state index is 11.2. The van der Waals surface area contributed by atoms with Gasteiger partial charge >= 0.3 is 5.97 Å². The molecule has 0 aliphatic carbocycles. The van der Waals surface area contributed by atoms with Gasteiger partial charge in [-0.2, -0.15) is 5.10 Å². The van der Waals surface area contributed by atoms with Crippen molar-refractivity contribution in [1.29, 1.82) is 0 Å². The van der Waals surface area contributed by atoms with Crippen LogP contribution in [0.4, 0.5) is 0 Å². The van der Waals surface area contributed by atoms with Crippen LogP contribution in [0.3, 0.4) is 0 Å². The third-order valence-electron chi connectivity index (χ3n) is 3.54. The van der Waals surface area contributed by atoms with Crippen molar-refractivity contribution >= 4 is 5.97 Å². The molecule has 0 radical (unpaired) electrons. The number of nitrogens with zero attached hydrogens (tertiary/aromatic N) is 3. The number of carboxylic acid groups (broad SMARTS) is 1. The van der Waals surface area contributed by atoms with Crippen molar-refractivity contribution in [2.24, 2.45) is 0 Å². The fourth-order valence-corrected chi connectivity index (χ4v) is 2.35. The fourth-order valence-electron chi connectivity index (χ4n) is 2.35. The first-order valence-corrected chi connectivity index (χ1v) is 6.69. The molecule has 2 heterocycles. The molecule has 1 N–H and O–H groups in total. The Bertz CT molecular complexity index is 444. The Morgan fingerprint density at radius 1 is 1.63 bits per heavy atom. The second kappa shape index (κ2) is 6.16. The van der Waals surface area contributed by atoms with E-state index < -0.39 is 12.0 Å². The highest BCUT2D eigenvalue weighted by Crippen LogP contribution is 2.15. The van der Waals surface area contributed by atoms with Gasteiger partial charge in [-0.05, 0) is 13.3 Å². The van der Waals surface area contributed by atoms with Crippen molar-refractivity contribution in [3.8, 4) is 0 Å². The van der Waals surface area contributed by atoms with Gasteiger partial charge in [-0.1, -0.05) is 6.92 Å². The van der Waals surface area contributed by atoms with Crippen LogP contribution in [-0.4, -0.2) is 51.6 Å². The van der Waals surface area contributed by atoms with Gasteiger partial charge < -0.3 is 9.84 Å². The number of rotatable bonds is 5. The van der Waals surface area contributed by atoms with Gasteiger partial charge in [0, 0.05) is 30.9 Å². The van der Waals surface area contributed by atoms with Crippen LogP contribution < -0.4 is 0 Å². The zero-order chi connectivity index (χ0) is 13.8. The number of hydrogen-bond donors (Lipinski definition) is 1. The summed E-state index contributed by atoms with van der Waals surface area (Å²) in [6.45, 7) is 7.17. The molecule has 1 fully saturated rings. The summed E-state index contributed by atoms with van der Waals surface area (Å²) >= 11 is 0. The summed E-state index contributed by atoms with van der Waals surface area (Å²) in [7, 11) is 0. The lowest BCUT2D eigenvalue weighted by Gasteiger charge is -2.32. The summed E-state index contributed by atoms with van der Waals surface area (Å²) in [6.07, 6.45) is 2.89. The highest BCUT2D eigenvalue weighted by atomic mass is 16.5. The standard InChI is InChI=1S/C13H21N3O3/c1-3-4-16-10(2)11(7-14-16)8-15-5-6-19-9-12(15)13(17)18/h7,12H,3-6,8-9H2,1-2H3,(H,17,18)/t12-/m1/s1. The van der Waals surface area contributed by atoms with E-state index in [0.29, 0.717) is 19.7 Å². The van der Waals surface area contributed by atoms with Crippen molar-refractivity contribution in [1.82, 2.24) is 14.7 Å². The van der Waals surface area contributed by atoms with E-state index in [1.807, 2.05) is 22.7 Å². The minimum atomic E-state index is -0.821. The minimum absolute atomic E-state index is 0.261. The first-order valence-electron chi connectivity index (χ1n) is 6.69. The third-order valence-corrected chi connectivity index (χ3v) is 3.54. The Morgan fingerprint density at radius 3 is 3.11 bits per heavy atom. The number of hydrogen-bond acceptors (Lipinski definition) is 4. The summed E-state index contributed by atoms with van der Waals surface area (Å²) in [5.41, 5.74) is 2.22. The molecule has 19 heavy (non-hydrogen) atoms. The van der Waals surface area contributed by atoms with Crippen LogP contribution in [0.5, 0.6) is 0 Å². The Kier molecular flexibility index (Phi) is 4.55. The predicted octanol–water partition coefficient (Wildman–Crippen LogP) is 0.887. The monoisotopic (exact) mass is 267 g/mol. The fraction of sp³-hybridized carbons (Fsp3) is 0.692. The van der Waals surface area contributed by atoms with Gasteiger partial charge in [0.1, 0.15) is 6.04 Å². The topological polar surface area (TPSA) is 67.6 Å². The van der Waals surface area contributed by atoms with Gasteiger partial charge in [-0.3, -0.25) is 14.4 Å². The summed E-state index contributed by atoms with van der Waals surface area (Å²) in [4.78, 5) is 13.2. The second-order valence-corrected chi connectivity index (χ2v) is 4.88. The second-order valence-electron chi connectivity index (χ2n) is 4.88. The number of morpholine rings is 1. The van der Waals surface area contributed by atoms with Gasteiger partial charge in [-0.15, -0.1) is 0 Å². The van der Waals surface area contributed by atoms with Gasteiger partial charge in [0.25, 0.3) is 0 Å². The molecule has 1 aliphatic rings. The van der Waals surface area contributed by atoms with E-state index in [1.54, 1.807) is 0 Å². The van der Waals surface area contributed by atoms with E-state index in [0.717, 1.165) is 24.2 Å². The molecule has 2 rings (SSSR count). The molecule has 106 valence electrons. The molecule has 0 spiro atoms. The maximum Gasteiger partial charge on any atom is 0.323 e. The molecule has 6 heteroatoms. The molecule has 1 aromatic heterocycles. The van der Waals surface area contributed by atoms with Crippen LogP contribution in [0.1, 0.15) is 24.6 Å². The summed E-state index contributed by atoms with van der Waals surface area (Å²) in [5.74, 6) is -0.821. The van der Waals surface area contributed by atoms with E-state index in [4.69, 9.17) is 4.74 Å². The highest BCUT2D eigenvalue weighted by Gasteiger charge is 2.29. The summed E-state index contributed by atoms with van der Waals surface area (Å²) in [5, 5.41) is 13.6. The summed E-state index contributed by atoms with van der Waals surface area (Å²) in [6, 6.07) is -0.553. The van der Waals surface area contributed by atoms with Gasteiger partial charge in [0.2, 0.25) is 0 Å². The SMILES string of the molecule is CCCn1ncc(CN2CCOC[C@@H]2C(=O)O)c1C. The minimum Gasteiger partial charge on any atom is -0.480 e.